The predicted octanol–water partition coefficient (Wildman–Crippen LogP) is 0.975. The highest BCUT2D eigenvalue weighted by Crippen LogP contribution is 1.94. The zero-order chi connectivity index (χ0) is 6.69. The average molecular weight is 119 g/mol. The third-order valence-corrected chi connectivity index (χ3v) is 0.946. The molecule has 1 rings (SSSR count). The average Bonchev–Trinajstić information content (AvgIpc) is 1.90. The molecule has 0 fully saturated rings. The number of nitrogens with zero attached hydrogens (tertiary/aromatic N) is 1. The van der Waals surface area contributed by atoms with Crippen molar-refractivity contribution >= 4 is 5.78 Å². The van der Waals surface area contributed by atoms with Crippen LogP contribution in [0.15, 0.2) is 24.5 Å². The first kappa shape index (κ1) is 5.95. The molecular formula is C7H5NO. The molecule has 0 N–H and O–H groups in total. The topological polar surface area (TPSA) is 30.0 Å². The number of rotatable bonds is 1. The Hall–Kier alpha value is -1.18. The van der Waals surface area contributed by atoms with E-state index in [1.807, 2.05) is 0 Å². The lowest BCUT2D eigenvalue weighted by atomic mass is 10.2. The van der Waals surface area contributed by atoms with Gasteiger partial charge in [0, 0.05) is 24.9 Å². The zero-order valence-corrected chi connectivity index (χ0v) is 4.74. The smallest absolute Gasteiger partial charge is 0.169 e. The summed E-state index contributed by atoms with van der Waals surface area (Å²) in [6.45, 7) is 4.93. The Labute approximate surface area is 53.5 Å². The van der Waals surface area contributed by atoms with Crippen molar-refractivity contribution in [1.82, 2.24) is 4.98 Å². The van der Waals surface area contributed by atoms with Gasteiger partial charge in [-0.25, -0.2) is 0 Å². The fraction of sp³-hybridized carbons (Fsp3) is 0. The minimum absolute atomic E-state index is 0.442. The van der Waals surface area contributed by atoms with Gasteiger partial charge in [0.05, 0.1) is 0 Å². The summed E-state index contributed by atoms with van der Waals surface area (Å²) in [5, 5.41) is 0. The number of pyridine rings is 1. The van der Waals surface area contributed by atoms with Crippen molar-refractivity contribution in [2.75, 3.05) is 0 Å². The van der Waals surface area contributed by atoms with Crippen LogP contribution in [0, 0.1) is 6.92 Å². The van der Waals surface area contributed by atoms with Crippen LogP contribution >= 0.6 is 0 Å². The Morgan fingerprint density at radius 3 is 2.78 bits per heavy atom. The van der Waals surface area contributed by atoms with Crippen molar-refractivity contribution in [3.05, 3.63) is 37.0 Å². The number of ketones is 1. The van der Waals surface area contributed by atoms with E-state index in [2.05, 4.69) is 4.98 Å². The first-order chi connectivity index (χ1) is 4.30. The van der Waals surface area contributed by atoms with E-state index in [-0.39, 0.29) is 0 Å². The first-order valence-electron chi connectivity index (χ1n) is 2.50. The van der Waals surface area contributed by atoms with Gasteiger partial charge in [0.15, 0.2) is 5.78 Å². The van der Waals surface area contributed by atoms with Gasteiger partial charge in [0.1, 0.15) is 0 Å². The van der Waals surface area contributed by atoms with Gasteiger partial charge in [0.2, 0.25) is 0 Å². The van der Waals surface area contributed by atoms with Crippen LogP contribution in [0.2, 0.25) is 0 Å². The molecule has 2 heteroatoms. The molecule has 9 heavy (non-hydrogen) atoms. The molecule has 0 spiro atoms. The van der Waals surface area contributed by atoms with Gasteiger partial charge in [-0.2, -0.15) is 0 Å². The second-order valence-electron chi connectivity index (χ2n) is 1.61. The number of hydrogen-bond donors (Lipinski definition) is 0. The Balaban J connectivity index is 2.98. The number of aromatic nitrogens is 1. The van der Waals surface area contributed by atoms with Gasteiger partial charge in [-0.1, -0.05) is 0 Å². The van der Waals surface area contributed by atoms with E-state index in [4.69, 9.17) is 6.92 Å². The molecule has 0 saturated heterocycles. The predicted molar refractivity (Wildman–Crippen MR) is 32.9 cm³/mol. The minimum Gasteiger partial charge on any atom is -0.294 e. The highest BCUT2D eigenvalue weighted by atomic mass is 16.1. The summed E-state index contributed by atoms with van der Waals surface area (Å²) < 4.78 is 0. The highest BCUT2D eigenvalue weighted by molar-refractivity contribution is 5.98. The molecule has 0 aliphatic heterocycles. The number of hydrogen-bond acceptors (Lipinski definition) is 2. The van der Waals surface area contributed by atoms with Gasteiger partial charge >= 0.3 is 0 Å². The van der Waals surface area contributed by atoms with Gasteiger partial charge < -0.3 is 0 Å². The zero-order valence-electron chi connectivity index (χ0n) is 4.74. The maximum atomic E-state index is 10.4. The Morgan fingerprint density at radius 2 is 2.44 bits per heavy atom. The maximum Gasteiger partial charge on any atom is 0.169 e. The molecule has 0 atom stereocenters. The largest absolute Gasteiger partial charge is 0.294 e. The van der Waals surface area contributed by atoms with Crippen LogP contribution in [-0.4, -0.2) is 10.8 Å². The summed E-state index contributed by atoms with van der Waals surface area (Å²) in [7, 11) is 0. The van der Waals surface area contributed by atoms with E-state index >= 15 is 0 Å². The standard InChI is InChI=1S/C7H5NO/c1-6(9)7-3-2-4-8-5-7/h1-5H. The number of Topliss-reactive ketones (excluding diaryl/α,β-unsaturated/α-hetero) is 1. The summed E-state index contributed by atoms with van der Waals surface area (Å²) in [6, 6.07) is 3.29. The molecule has 0 aromatic carbocycles. The van der Waals surface area contributed by atoms with Crippen molar-refractivity contribution in [3.63, 3.8) is 0 Å². The molecule has 0 bridgehead atoms. The third kappa shape index (κ3) is 1.35. The van der Waals surface area contributed by atoms with E-state index in [1.165, 1.54) is 6.20 Å². The van der Waals surface area contributed by atoms with Crippen LogP contribution in [0.25, 0.3) is 0 Å². The molecule has 0 amide bonds. The quantitative estimate of drug-likeness (QED) is 0.516. The van der Waals surface area contributed by atoms with Crippen LogP contribution in [0.3, 0.4) is 0 Å². The van der Waals surface area contributed by atoms with Crippen LogP contribution in [-0.2, 0) is 0 Å². The molecule has 2 radical (unpaired) electrons. The van der Waals surface area contributed by atoms with Gasteiger partial charge in [-0.3, -0.25) is 9.78 Å². The van der Waals surface area contributed by atoms with Crippen molar-refractivity contribution < 1.29 is 4.79 Å². The Kier molecular flexibility index (Phi) is 1.58. The summed E-state index contributed by atoms with van der Waals surface area (Å²) >= 11 is 0. The van der Waals surface area contributed by atoms with E-state index < -0.39 is 5.78 Å². The molecule has 0 saturated carbocycles. The van der Waals surface area contributed by atoms with Gasteiger partial charge in [-0.15, -0.1) is 0 Å². The van der Waals surface area contributed by atoms with E-state index in [0.717, 1.165) is 0 Å². The SMILES string of the molecule is [CH]C(=O)c1cccnc1. The highest BCUT2D eigenvalue weighted by Gasteiger charge is 1.94. The summed E-state index contributed by atoms with van der Waals surface area (Å²) in [5.74, 6) is -0.442. The van der Waals surface area contributed by atoms with Crippen molar-refractivity contribution in [2.24, 2.45) is 0 Å². The van der Waals surface area contributed by atoms with Gasteiger partial charge in [-0.05, 0) is 12.1 Å². The molecule has 0 aliphatic carbocycles. The molecule has 1 aromatic rings. The second kappa shape index (κ2) is 2.40. The molecule has 0 aliphatic rings. The van der Waals surface area contributed by atoms with Crippen molar-refractivity contribution in [3.8, 4) is 0 Å². The number of carbonyl (C=O) groups excluding carboxylic acids is 1. The fourth-order valence-electron chi connectivity index (χ4n) is 0.509. The molecule has 44 valence electrons. The van der Waals surface area contributed by atoms with Crippen molar-refractivity contribution in [1.29, 1.82) is 0 Å². The molecule has 1 heterocycles. The Bertz CT molecular complexity index is 205. The van der Waals surface area contributed by atoms with Crippen LogP contribution < -0.4 is 0 Å². The lowest BCUT2D eigenvalue weighted by Gasteiger charge is -1.88. The monoisotopic (exact) mass is 119 g/mol. The summed E-state index contributed by atoms with van der Waals surface area (Å²) in [4.78, 5) is 14.1. The normalized spacial score (nSPS) is 9.00. The van der Waals surface area contributed by atoms with Crippen molar-refractivity contribution in [2.45, 2.75) is 0 Å². The molecule has 1 aromatic heterocycles. The van der Waals surface area contributed by atoms with Crippen LogP contribution in [0.5, 0.6) is 0 Å². The van der Waals surface area contributed by atoms with E-state index in [1.54, 1.807) is 18.3 Å². The maximum absolute atomic E-state index is 10.4. The molecule has 0 unspecified atom stereocenters. The minimum atomic E-state index is -0.442. The van der Waals surface area contributed by atoms with Crippen LogP contribution in [0.4, 0.5) is 0 Å². The van der Waals surface area contributed by atoms with E-state index in [0.29, 0.717) is 5.56 Å². The second-order valence-corrected chi connectivity index (χ2v) is 1.61. The fourth-order valence-corrected chi connectivity index (χ4v) is 0.509. The van der Waals surface area contributed by atoms with E-state index in [9.17, 15) is 4.79 Å². The molecular weight excluding hydrogens is 114 g/mol. The number of carbonyl (C=O) groups is 1. The third-order valence-electron chi connectivity index (χ3n) is 0.946. The molecule has 2 nitrogen and oxygen atoms in total. The first-order valence-corrected chi connectivity index (χ1v) is 2.50. The lowest BCUT2D eigenvalue weighted by Crippen LogP contribution is -1.90. The summed E-state index contributed by atoms with van der Waals surface area (Å²) in [6.07, 6.45) is 3.02. The summed E-state index contributed by atoms with van der Waals surface area (Å²) in [5.41, 5.74) is 0.442. The van der Waals surface area contributed by atoms with Crippen LogP contribution in [0.1, 0.15) is 10.4 Å². The Morgan fingerprint density at radius 1 is 1.67 bits per heavy atom. The van der Waals surface area contributed by atoms with Gasteiger partial charge in [0.25, 0.3) is 0 Å². The lowest BCUT2D eigenvalue weighted by molar-refractivity contribution is 0.104.